The van der Waals surface area contributed by atoms with E-state index in [0.717, 1.165) is 16.1 Å². The van der Waals surface area contributed by atoms with Crippen LogP contribution >= 0.6 is 34.8 Å². The molecule has 1 aromatic carbocycles. The molecule has 1 aromatic rings. The number of benzene rings is 1. The van der Waals surface area contributed by atoms with Crippen LogP contribution < -0.4 is 0 Å². The summed E-state index contributed by atoms with van der Waals surface area (Å²) in [6.45, 7) is 4.04. The van der Waals surface area contributed by atoms with Crippen molar-refractivity contribution in [2.75, 3.05) is 0 Å². The molecule has 3 heteroatoms. The van der Waals surface area contributed by atoms with Crippen LogP contribution in [-0.4, -0.2) is 4.84 Å². The van der Waals surface area contributed by atoms with Crippen molar-refractivity contribution < 1.29 is 0 Å². The highest BCUT2D eigenvalue weighted by Gasteiger charge is 2.08. The highest BCUT2D eigenvalue weighted by atomic mass is 35.5. The number of aryl methyl sites for hydroxylation is 2. The maximum Gasteiger partial charge on any atom is 0.111 e. The van der Waals surface area contributed by atoms with Crippen LogP contribution in [0.1, 0.15) is 16.7 Å². The Bertz CT molecular complexity index is 282. The SMILES string of the molecule is Cc1cc(Cl)cc(C)c1CC(Cl)Cl. The Hall–Kier alpha value is 0.0900. The zero-order chi connectivity index (χ0) is 10.0. The lowest BCUT2D eigenvalue weighted by Crippen LogP contribution is -2.00. The summed E-state index contributed by atoms with van der Waals surface area (Å²) in [5, 5.41) is 0.763. The first-order valence-electron chi connectivity index (χ1n) is 4.04. The van der Waals surface area contributed by atoms with Crippen LogP contribution in [-0.2, 0) is 6.42 Å². The normalized spacial score (nSPS) is 10.9. The van der Waals surface area contributed by atoms with Gasteiger partial charge < -0.3 is 0 Å². The van der Waals surface area contributed by atoms with Gasteiger partial charge in [0, 0.05) is 11.4 Å². The third-order valence-corrected chi connectivity index (χ3v) is 2.55. The quantitative estimate of drug-likeness (QED) is 0.673. The molecule has 0 nitrogen and oxygen atoms in total. The van der Waals surface area contributed by atoms with Gasteiger partial charge in [-0.1, -0.05) is 11.6 Å². The van der Waals surface area contributed by atoms with Crippen molar-refractivity contribution in [2.45, 2.75) is 25.1 Å². The molecular weight excluding hydrogens is 226 g/mol. The summed E-state index contributed by atoms with van der Waals surface area (Å²) in [4.78, 5) is -0.349. The minimum Gasteiger partial charge on any atom is -0.105 e. The summed E-state index contributed by atoms with van der Waals surface area (Å²) >= 11 is 17.3. The van der Waals surface area contributed by atoms with Crippen LogP contribution in [0.25, 0.3) is 0 Å². The smallest absolute Gasteiger partial charge is 0.105 e. The fourth-order valence-electron chi connectivity index (χ4n) is 1.42. The Morgan fingerprint density at radius 3 is 2.00 bits per heavy atom. The van der Waals surface area contributed by atoms with E-state index in [4.69, 9.17) is 34.8 Å². The summed E-state index contributed by atoms with van der Waals surface area (Å²) in [6.07, 6.45) is 0.679. The van der Waals surface area contributed by atoms with Crippen LogP contribution in [0.15, 0.2) is 12.1 Å². The van der Waals surface area contributed by atoms with Gasteiger partial charge in [-0.05, 0) is 42.7 Å². The van der Waals surface area contributed by atoms with E-state index in [2.05, 4.69) is 0 Å². The van der Waals surface area contributed by atoms with Crippen LogP contribution in [0.2, 0.25) is 5.02 Å². The van der Waals surface area contributed by atoms with Gasteiger partial charge in [0.05, 0.1) is 0 Å². The standard InChI is InChI=1S/C10H11Cl3/c1-6-3-8(11)4-7(2)9(6)5-10(12)13/h3-4,10H,5H2,1-2H3. The topological polar surface area (TPSA) is 0 Å². The first-order valence-corrected chi connectivity index (χ1v) is 5.29. The number of alkyl halides is 2. The second-order valence-electron chi connectivity index (χ2n) is 3.11. The fraction of sp³-hybridized carbons (Fsp3) is 0.400. The lowest BCUT2D eigenvalue weighted by molar-refractivity contribution is 1.04. The third kappa shape index (κ3) is 3.05. The largest absolute Gasteiger partial charge is 0.111 e. The average molecular weight is 238 g/mol. The van der Waals surface area contributed by atoms with Gasteiger partial charge in [0.25, 0.3) is 0 Å². The lowest BCUT2D eigenvalue weighted by atomic mass is 10.0. The molecule has 0 aliphatic rings. The molecule has 0 N–H and O–H groups in total. The van der Waals surface area contributed by atoms with Crippen molar-refractivity contribution in [1.82, 2.24) is 0 Å². The van der Waals surface area contributed by atoms with Crippen molar-refractivity contribution in [2.24, 2.45) is 0 Å². The molecule has 0 aromatic heterocycles. The predicted molar refractivity (Wildman–Crippen MR) is 60.1 cm³/mol. The Labute approximate surface area is 93.8 Å². The summed E-state index contributed by atoms with van der Waals surface area (Å²) in [5.74, 6) is 0. The Morgan fingerprint density at radius 1 is 1.15 bits per heavy atom. The van der Waals surface area contributed by atoms with Crippen molar-refractivity contribution in [3.63, 3.8) is 0 Å². The molecule has 0 atom stereocenters. The van der Waals surface area contributed by atoms with E-state index in [9.17, 15) is 0 Å². The van der Waals surface area contributed by atoms with E-state index in [1.807, 2.05) is 26.0 Å². The second-order valence-corrected chi connectivity index (χ2v) is 4.83. The molecule has 0 bridgehead atoms. The van der Waals surface area contributed by atoms with Gasteiger partial charge >= 0.3 is 0 Å². The number of rotatable bonds is 2. The van der Waals surface area contributed by atoms with Gasteiger partial charge in [-0.15, -0.1) is 23.2 Å². The van der Waals surface area contributed by atoms with Crippen molar-refractivity contribution in [3.05, 3.63) is 33.8 Å². The molecule has 0 amide bonds. The van der Waals surface area contributed by atoms with E-state index in [-0.39, 0.29) is 4.84 Å². The van der Waals surface area contributed by atoms with Gasteiger partial charge in [0.2, 0.25) is 0 Å². The zero-order valence-electron chi connectivity index (χ0n) is 7.57. The Morgan fingerprint density at radius 2 is 1.62 bits per heavy atom. The lowest BCUT2D eigenvalue weighted by Gasteiger charge is -2.10. The van der Waals surface area contributed by atoms with E-state index in [1.54, 1.807) is 0 Å². The molecule has 0 saturated heterocycles. The highest BCUT2D eigenvalue weighted by Crippen LogP contribution is 2.23. The summed E-state index contributed by atoms with van der Waals surface area (Å²) in [5.41, 5.74) is 3.49. The van der Waals surface area contributed by atoms with Gasteiger partial charge in [-0.2, -0.15) is 0 Å². The predicted octanol–water partition coefficient (Wildman–Crippen LogP) is 4.30. The van der Waals surface area contributed by atoms with Crippen LogP contribution in [0.4, 0.5) is 0 Å². The van der Waals surface area contributed by atoms with Gasteiger partial charge in [-0.25, -0.2) is 0 Å². The summed E-state index contributed by atoms with van der Waals surface area (Å²) in [7, 11) is 0. The first kappa shape index (κ1) is 11.2. The molecule has 0 aliphatic heterocycles. The summed E-state index contributed by atoms with van der Waals surface area (Å²) < 4.78 is 0. The van der Waals surface area contributed by atoms with Crippen LogP contribution in [0.3, 0.4) is 0 Å². The molecule has 0 aliphatic carbocycles. The van der Waals surface area contributed by atoms with Crippen molar-refractivity contribution >= 4 is 34.8 Å². The maximum atomic E-state index is 5.89. The third-order valence-electron chi connectivity index (χ3n) is 2.02. The molecule has 1 rings (SSSR count). The number of hydrogen-bond donors (Lipinski definition) is 0. The number of halogens is 3. The second kappa shape index (κ2) is 4.54. The molecule has 0 radical (unpaired) electrons. The maximum absolute atomic E-state index is 5.89. The minimum absolute atomic E-state index is 0.349. The molecular formula is C10H11Cl3. The summed E-state index contributed by atoms with van der Waals surface area (Å²) in [6, 6.07) is 3.86. The van der Waals surface area contributed by atoms with Crippen molar-refractivity contribution in [3.8, 4) is 0 Å². The van der Waals surface area contributed by atoms with Gasteiger partial charge in [0.1, 0.15) is 4.84 Å². The van der Waals surface area contributed by atoms with E-state index >= 15 is 0 Å². The first-order chi connectivity index (χ1) is 6.00. The molecule has 0 fully saturated rings. The Balaban J connectivity index is 3.06. The minimum atomic E-state index is -0.349. The van der Waals surface area contributed by atoms with Crippen LogP contribution in [0, 0.1) is 13.8 Å². The van der Waals surface area contributed by atoms with E-state index < -0.39 is 0 Å². The zero-order valence-corrected chi connectivity index (χ0v) is 9.84. The van der Waals surface area contributed by atoms with E-state index in [1.165, 1.54) is 5.56 Å². The van der Waals surface area contributed by atoms with E-state index in [0.29, 0.717) is 6.42 Å². The molecule has 0 spiro atoms. The fourth-order valence-corrected chi connectivity index (χ4v) is 2.05. The molecule has 0 heterocycles. The molecule has 13 heavy (non-hydrogen) atoms. The molecule has 0 saturated carbocycles. The highest BCUT2D eigenvalue weighted by molar-refractivity contribution is 6.44. The Kier molecular flexibility index (Phi) is 3.90. The van der Waals surface area contributed by atoms with Gasteiger partial charge in [0.15, 0.2) is 0 Å². The van der Waals surface area contributed by atoms with Gasteiger partial charge in [-0.3, -0.25) is 0 Å². The van der Waals surface area contributed by atoms with Crippen molar-refractivity contribution in [1.29, 1.82) is 0 Å². The average Bonchev–Trinajstić information content (AvgIpc) is 1.96. The monoisotopic (exact) mass is 236 g/mol. The molecule has 72 valence electrons. The number of hydrogen-bond acceptors (Lipinski definition) is 0. The van der Waals surface area contributed by atoms with Crippen LogP contribution in [0.5, 0.6) is 0 Å². The molecule has 0 unspecified atom stereocenters.